The molecule has 0 bridgehead atoms. The van der Waals surface area contributed by atoms with Crippen molar-refractivity contribution in [3.05, 3.63) is 89.5 Å². The smallest absolute Gasteiger partial charge is 0.229 e. The zero-order chi connectivity index (χ0) is 24.3. The molecule has 1 fully saturated rings. The number of nitrogens with two attached hydrogens (primary N) is 1. The second-order valence-corrected chi connectivity index (χ2v) is 8.58. The first kappa shape index (κ1) is 24.2. The summed E-state index contributed by atoms with van der Waals surface area (Å²) in [5, 5.41) is 3.74. The van der Waals surface area contributed by atoms with E-state index in [-0.39, 0.29) is 0 Å². The van der Waals surface area contributed by atoms with E-state index >= 15 is 0 Å². The van der Waals surface area contributed by atoms with Crippen LogP contribution in [0.5, 0.6) is 0 Å². The van der Waals surface area contributed by atoms with Gasteiger partial charge in [-0.25, -0.2) is 9.97 Å². The van der Waals surface area contributed by atoms with E-state index in [1.54, 1.807) is 30.7 Å². The first-order valence-corrected chi connectivity index (χ1v) is 12.1. The molecule has 6 nitrogen and oxygen atoms in total. The molecule has 1 saturated carbocycles. The maximum Gasteiger partial charge on any atom is 0.229 e. The number of nitrogens with one attached hydrogen (secondary N) is 1. The highest BCUT2D eigenvalue weighted by Gasteiger charge is 2.07. The van der Waals surface area contributed by atoms with Crippen LogP contribution in [0.3, 0.4) is 0 Å². The third kappa shape index (κ3) is 7.53. The molecule has 5 rings (SSSR count). The predicted molar refractivity (Wildman–Crippen MR) is 142 cm³/mol. The van der Waals surface area contributed by atoms with Crippen LogP contribution in [0.25, 0.3) is 11.3 Å². The van der Waals surface area contributed by atoms with Gasteiger partial charge in [-0.1, -0.05) is 62.1 Å². The summed E-state index contributed by atoms with van der Waals surface area (Å²) in [6.07, 6.45) is 14.0. The molecule has 0 atom stereocenters. The van der Waals surface area contributed by atoms with Crippen molar-refractivity contribution in [2.24, 2.45) is 0 Å². The number of anilines is 3. The van der Waals surface area contributed by atoms with E-state index in [0.29, 0.717) is 28.0 Å². The lowest BCUT2D eigenvalue weighted by Crippen LogP contribution is -2.02. The van der Waals surface area contributed by atoms with Crippen LogP contribution in [0.1, 0.15) is 49.8 Å². The Morgan fingerprint density at radius 1 is 0.800 bits per heavy atom. The number of nitrogens with zero attached hydrogens (tertiary/aromatic N) is 4. The van der Waals surface area contributed by atoms with E-state index in [9.17, 15) is 0 Å². The van der Waals surface area contributed by atoms with Crippen LogP contribution in [-0.4, -0.2) is 19.9 Å². The van der Waals surface area contributed by atoms with Crippen LogP contribution in [0, 0.1) is 11.8 Å². The molecule has 4 aromatic rings. The highest BCUT2D eigenvalue weighted by atomic mass is 35.5. The summed E-state index contributed by atoms with van der Waals surface area (Å²) in [5.41, 5.74) is 9.79. The lowest BCUT2D eigenvalue weighted by molar-refractivity contribution is 0.504. The van der Waals surface area contributed by atoms with Gasteiger partial charge >= 0.3 is 0 Å². The van der Waals surface area contributed by atoms with Gasteiger partial charge in [0.15, 0.2) is 0 Å². The molecule has 0 saturated heterocycles. The zero-order valence-electron chi connectivity index (χ0n) is 19.4. The minimum Gasteiger partial charge on any atom is -0.383 e. The molecule has 0 spiro atoms. The van der Waals surface area contributed by atoms with Gasteiger partial charge in [0.25, 0.3) is 0 Å². The van der Waals surface area contributed by atoms with E-state index < -0.39 is 0 Å². The van der Waals surface area contributed by atoms with E-state index in [1.165, 1.54) is 38.5 Å². The summed E-state index contributed by atoms with van der Waals surface area (Å²) in [6, 6.07) is 16.6. The maximum atomic E-state index is 6.07. The van der Waals surface area contributed by atoms with E-state index in [1.807, 2.05) is 42.5 Å². The summed E-state index contributed by atoms with van der Waals surface area (Å²) in [6.45, 7) is 0. The molecule has 0 aliphatic heterocycles. The zero-order valence-corrected chi connectivity index (χ0v) is 20.2. The average molecular weight is 483 g/mol. The van der Waals surface area contributed by atoms with E-state index in [0.717, 1.165) is 16.9 Å². The number of hydrogen-bond acceptors (Lipinski definition) is 6. The quantitative estimate of drug-likeness (QED) is 0.317. The Kier molecular flexibility index (Phi) is 8.63. The van der Waals surface area contributed by atoms with Crippen LogP contribution in [0.2, 0.25) is 5.02 Å². The molecule has 35 heavy (non-hydrogen) atoms. The third-order valence-corrected chi connectivity index (χ3v) is 5.69. The topological polar surface area (TPSA) is 89.6 Å². The van der Waals surface area contributed by atoms with Gasteiger partial charge in [-0.15, -0.1) is 0 Å². The summed E-state index contributed by atoms with van der Waals surface area (Å²) < 4.78 is 0. The second kappa shape index (κ2) is 12.5. The Balaban J connectivity index is 0.000000421. The molecule has 176 valence electrons. The van der Waals surface area contributed by atoms with Gasteiger partial charge in [-0.2, -0.15) is 4.98 Å². The monoisotopic (exact) mass is 482 g/mol. The van der Waals surface area contributed by atoms with Gasteiger partial charge < -0.3 is 11.1 Å². The molecule has 7 heteroatoms. The standard InChI is InChI=1S/C22H15ClN6.C6H12/c23-16-10-12-25-18(13-16)9-6-15-4-7-17(8-5-15)28-22-27-14-19(21(24)29-22)20-3-1-2-11-26-20;1-2-4-6-5-3-1/h1-5,7-8,10-14H,(H3,24,27,28,29);1-6H2. The predicted octanol–water partition coefficient (Wildman–Crippen LogP) is 6.65. The lowest BCUT2D eigenvalue weighted by Gasteiger charge is -2.08. The summed E-state index contributed by atoms with van der Waals surface area (Å²) in [4.78, 5) is 17.1. The van der Waals surface area contributed by atoms with Gasteiger partial charge in [0.05, 0.1) is 11.3 Å². The first-order chi connectivity index (χ1) is 17.2. The number of benzene rings is 1. The number of pyridine rings is 2. The Bertz CT molecular complexity index is 1280. The second-order valence-electron chi connectivity index (χ2n) is 8.14. The summed E-state index contributed by atoms with van der Waals surface area (Å²) >= 11 is 5.94. The number of nitrogen functional groups attached to an aromatic ring is 1. The van der Waals surface area contributed by atoms with Crippen molar-refractivity contribution in [2.45, 2.75) is 38.5 Å². The van der Waals surface area contributed by atoms with Crippen molar-refractivity contribution >= 4 is 29.1 Å². The van der Waals surface area contributed by atoms with Crippen molar-refractivity contribution in [3.8, 4) is 23.1 Å². The van der Waals surface area contributed by atoms with E-state index in [4.69, 9.17) is 17.3 Å². The van der Waals surface area contributed by atoms with Crippen LogP contribution >= 0.6 is 11.6 Å². The minimum absolute atomic E-state index is 0.359. The van der Waals surface area contributed by atoms with Crippen LogP contribution < -0.4 is 11.1 Å². The Hall–Kier alpha value is -3.95. The van der Waals surface area contributed by atoms with Crippen molar-refractivity contribution in [3.63, 3.8) is 0 Å². The molecule has 1 aliphatic rings. The fraction of sp³-hybridized carbons (Fsp3) is 0.214. The van der Waals surface area contributed by atoms with Gasteiger partial charge in [0.2, 0.25) is 5.95 Å². The van der Waals surface area contributed by atoms with Gasteiger partial charge in [0, 0.05) is 34.9 Å². The number of hydrogen-bond donors (Lipinski definition) is 2. The SMILES string of the molecule is C1CCCCC1.Nc1nc(Nc2ccc(C#Cc3cc(Cl)ccn3)cc2)ncc1-c1ccccn1. The molecule has 0 unspecified atom stereocenters. The third-order valence-electron chi connectivity index (χ3n) is 5.46. The summed E-state index contributed by atoms with van der Waals surface area (Å²) in [5.74, 6) is 6.81. The average Bonchev–Trinajstić information content (AvgIpc) is 2.90. The van der Waals surface area contributed by atoms with Crippen molar-refractivity contribution < 1.29 is 0 Å². The van der Waals surface area contributed by atoms with Crippen LogP contribution in [0.4, 0.5) is 17.5 Å². The normalized spacial score (nSPS) is 12.5. The Morgan fingerprint density at radius 3 is 2.17 bits per heavy atom. The largest absolute Gasteiger partial charge is 0.383 e. The van der Waals surface area contributed by atoms with Crippen molar-refractivity contribution in [1.29, 1.82) is 0 Å². The fourth-order valence-corrected chi connectivity index (χ4v) is 3.77. The van der Waals surface area contributed by atoms with E-state index in [2.05, 4.69) is 37.1 Å². The molecular weight excluding hydrogens is 456 g/mol. The molecule has 3 aromatic heterocycles. The Labute approximate surface area is 211 Å². The molecular formula is C28H27ClN6. The highest BCUT2D eigenvalue weighted by molar-refractivity contribution is 6.30. The van der Waals surface area contributed by atoms with Gasteiger partial charge in [-0.05, 0) is 54.5 Å². The molecule has 3 heterocycles. The lowest BCUT2D eigenvalue weighted by atomic mass is 10.0. The first-order valence-electron chi connectivity index (χ1n) is 11.7. The molecule has 1 aromatic carbocycles. The number of halogens is 1. The summed E-state index contributed by atoms with van der Waals surface area (Å²) in [7, 11) is 0. The van der Waals surface area contributed by atoms with Crippen LogP contribution in [-0.2, 0) is 0 Å². The highest BCUT2D eigenvalue weighted by Crippen LogP contribution is 2.23. The number of rotatable bonds is 3. The van der Waals surface area contributed by atoms with Crippen molar-refractivity contribution in [1.82, 2.24) is 19.9 Å². The molecule has 0 radical (unpaired) electrons. The van der Waals surface area contributed by atoms with Gasteiger partial charge in [-0.3, -0.25) is 4.98 Å². The molecule has 3 N–H and O–H groups in total. The van der Waals surface area contributed by atoms with Crippen LogP contribution in [0.15, 0.2) is 73.2 Å². The molecule has 0 amide bonds. The Morgan fingerprint density at radius 2 is 1.54 bits per heavy atom. The van der Waals surface area contributed by atoms with Gasteiger partial charge in [0.1, 0.15) is 11.5 Å². The maximum absolute atomic E-state index is 6.07. The minimum atomic E-state index is 0.359. The number of aromatic nitrogens is 4. The molecule has 1 aliphatic carbocycles. The van der Waals surface area contributed by atoms with Crippen molar-refractivity contribution in [2.75, 3.05) is 11.1 Å². The fourth-order valence-electron chi connectivity index (χ4n) is 3.61.